The van der Waals surface area contributed by atoms with E-state index in [0.717, 1.165) is 29.7 Å². The van der Waals surface area contributed by atoms with Crippen molar-refractivity contribution in [3.8, 4) is 0 Å². The molecule has 0 spiro atoms. The largest absolute Gasteiger partial charge is 0.360 e. The van der Waals surface area contributed by atoms with Crippen molar-refractivity contribution in [2.75, 3.05) is 5.32 Å². The molecule has 0 bridgehead atoms. The lowest BCUT2D eigenvalue weighted by Crippen LogP contribution is -1.98. The third-order valence-electron chi connectivity index (χ3n) is 2.90. The van der Waals surface area contributed by atoms with E-state index in [0.29, 0.717) is 0 Å². The van der Waals surface area contributed by atoms with Crippen LogP contribution in [0.25, 0.3) is 0 Å². The molecule has 1 aromatic rings. The van der Waals surface area contributed by atoms with E-state index in [4.69, 9.17) is 0 Å². The predicted octanol–water partition coefficient (Wildman–Crippen LogP) is 4.10. The highest BCUT2D eigenvalue weighted by molar-refractivity contribution is 5.48. The maximum Gasteiger partial charge on any atom is 0.0569 e. The van der Waals surface area contributed by atoms with E-state index in [2.05, 4.69) is 36.8 Å². The van der Waals surface area contributed by atoms with E-state index in [1.54, 1.807) is 0 Å². The van der Waals surface area contributed by atoms with Crippen LogP contribution in [0.5, 0.6) is 0 Å². The molecule has 0 atom stereocenters. The van der Waals surface area contributed by atoms with Crippen molar-refractivity contribution >= 4 is 5.69 Å². The van der Waals surface area contributed by atoms with E-state index in [1.165, 1.54) is 11.3 Å². The summed E-state index contributed by atoms with van der Waals surface area (Å²) in [5, 5.41) is 3.27. The summed E-state index contributed by atoms with van der Waals surface area (Å²) in [6.45, 7) is 12.3. The number of aromatic nitrogens is 1. The standard InChI is InChI=1S/C15H22N2/c1-6-13-8-14(10-17-15(13)7-2)16-9-12(5)11(3)4/h8-10,16H,3,6-7H2,1-2,4-5H3/b12-9+. The van der Waals surface area contributed by atoms with Gasteiger partial charge in [-0.05, 0) is 43.9 Å². The zero-order chi connectivity index (χ0) is 12.8. The van der Waals surface area contributed by atoms with E-state index >= 15 is 0 Å². The van der Waals surface area contributed by atoms with Gasteiger partial charge in [-0.25, -0.2) is 0 Å². The molecule has 92 valence electrons. The monoisotopic (exact) mass is 230 g/mol. The average molecular weight is 230 g/mol. The normalized spacial score (nSPS) is 11.4. The van der Waals surface area contributed by atoms with Gasteiger partial charge in [-0.3, -0.25) is 4.98 Å². The number of anilines is 1. The van der Waals surface area contributed by atoms with Crippen molar-refractivity contribution in [3.63, 3.8) is 0 Å². The average Bonchev–Trinajstić information content (AvgIpc) is 2.35. The van der Waals surface area contributed by atoms with Crippen LogP contribution >= 0.6 is 0 Å². The second kappa shape index (κ2) is 6.24. The maximum absolute atomic E-state index is 4.48. The summed E-state index contributed by atoms with van der Waals surface area (Å²) in [7, 11) is 0. The second-order valence-electron chi connectivity index (χ2n) is 4.29. The minimum atomic E-state index is 0.990. The Balaban J connectivity index is 2.86. The number of aryl methyl sites for hydroxylation is 2. The van der Waals surface area contributed by atoms with Crippen LogP contribution in [-0.4, -0.2) is 4.98 Å². The lowest BCUT2D eigenvalue weighted by atomic mass is 10.1. The Labute approximate surface area is 104 Å². The van der Waals surface area contributed by atoms with Crippen molar-refractivity contribution in [1.29, 1.82) is 0 Å². The van der Waals surface area contributed by atoms with Gasteiger partial charge in [0, 0.05) is 11.9 Å². The van der Waals surface area contributed by atoms with Crippen molar-refractivity contribution in [1.82, 2.24) is 4.98 Å². The van der Waals surface area contributed by atoms with Crippen molar-refractivity contribution < 1.29 is 0 Å². The first kappa shape index (κ1) is 13.5. The molecule has 17 heavy (non-hydrogen) atoms. The molecule has 1 rings (SSSR count). The summed E-state index contributed by atoms with van der Waals surface area (Å²) in [6, 6.07) is 2.17. The van der Waals surface area contributed by atoms with E-state index in [1.807, 2.05) is 26.2 Å². The van der Waals surface area contributed by atoms with Crippen LogP contribution < -0.4 is 5.32 Å². The quantitative estimate of drug-likeness (QED) is 0.770. The van der Waals surface area contributed by atoms with Crippen LogP contribution in [0.15, 0.2) is 36.2 Å². The molecule has 2 heteroatoms. The van der Waals surface area contributed by atoms with E-state index < -0.39 is 0 Å². The van der Waals surface area contributed by atoms with Crippen LogP contribution in [0.4, 0.5) is 5.69 Å². The summed E-state index contributed by atoms with van der Waals surface area (Å²) in [6.07, 6.45) is 5.88. The first-order valence-electron chi connectivity index (χ1n) is 6.15. The van der Waals surface area contributed by atoms with Gasteiger partial charge in [0.15, 0.2) is 0 Å². The van der Waals surface area contributed by atoms with Gasteiger partial charge in [-0.2, -0.15) is 0 Å². The Morgan fingerprint density at radius 1 is 1.35 bits per heavy atom. The Morgan fingerprint density at radius 3 is 2.59 bits per heavy atom. The van der Waals surface area contributed by atoms with Crippen LogP contribution in [0.2, 0.25) is 0 Å². The third kappa shape index (κ3) is 3.74. The number of pyridine rings is 1. The molecule has 0 fully saturated rings. The molecule has 0 aromatic carbocycles. The number of rotatable bonds is 5. The molecule has 0 aliphatic heterocycles. The highest BCUT2D eigenvalue weighted by Gasteiger charge is 2.01. The van der Waals surface area contributed by atoms with Gasteiger partial charge in [-0.15, -0.1) is 0 Å². The van der Waals surface area contributed by atoms with Crippen molar-refractivity contribution in [2.45, 2.75) is 40.5 Å². The minimum absolute atomic E-state index is 0.990. The minimum Gasteiger partial charge on any atom is -0.360 e. The lowest BCUT2D eigenvalue weighted by Gasteiger charge is -2.08. The van der Waals surface area contributed by atoms with Gasteiger partial charge in [0.25, 0.3) is 0 Å². The predicted molar refractivity (Wildman–Crippen MR) is 75.2 cm³/mol. The molecule has 1 heterocycles. The van der Waals surface area contributed by atoms with Crippen molar-refractivity contribution in [3.05, 3.63) is 47.4 Å². The molecular weight excluding hydrogens is 208 g/mol. The SMILES string of the molecule is C=C(C)/C(C)=C/Nc1cnc(CC)c(CC)c1. The summed E-state index contributed by atoms with van der Waals surface area (Å²) in [4.78, 5) is 4.48. The molecule has 0 unspecified atom stereocenters. The molecule has 0 aliphatic carbocycles. The second-order valence-corrected chi connectivity index (χ2v) is 4.29. The van der Waals surface area contributed by atoms with Gasteiger partial charge in [-0.1, -0.05) is 26.0 Å². The summed E-state index contributed by atoms with van der Waals surface area (Å²) in [5.41, 5.74) is 5.78. The topological polar surface area (TPSA) is 24.9 Å². The number of hydrogen-bond donors (Lipinski definition) is 1. The zero-order valence-corrected chi connectivity index (χ0v) is 11.3. The molecule has 0 radical (unpaired) electrons. The Kier molecular flexibility index (Phi) is 4.95. The van der Waals surface area contributed by atoms with Gasteiger partial charge in [0.1, 0.15) is 0 Å². The zero-order valence-electron chi connectivity index (χ0n) is 11.3. The number of nitrogens with one attached hydrogen (secondary N) is 1. The first-order valence-corrected chi connectivity index (χ1v) is 6.15. The Hall–Kier alpha value is -1.57. The number of hydrogen-bond acceptors (Lipinski definition) is 2. The van der Waals surface area contributed by atoms with Crippen LogP contribution in [0.3, 0.4) is 0 Å². The smallest absolute Gasteiger partial charge is 0.0569 e. The van der Waals surface area contributed by atoms with Crippen LogP contribution in [0, 0.1) is 0 Å². The Morgan fingerprint density at radius 2 is 2.06 bits per heavy atom. The van der Waals surface area contributed by atoms with E-state index in [9.17, 15) is 0 Å². The molecular formula is C15H22N2. The molecule has 0 aliphatic rings. The van der Waals surface area contributed by atoms with Gasteiger partial charge in [0.2, 0.25) is 0 Å². The fraction of sp³-hybridized carbons (Fsp3) is 0.400. The fourth-order valence-corrected chi connectivity index (χ4v) is 1.56. The number of nitrogens with zero attached hydrogens (tertiary/aromatic N) is 1. The maximum atomic E-state index is 4.48. The van der Waals surface area contributed by atoms with Gasteiger partial charge >= 0.3 is 0 Å². The summed E-state index contributed by atoms with van der Waals surface area (Å²) >= 11 is 0. The van der Waals surface area contributed by atoms with Crippen molar-refractivity contribution in [2.24, 2.45) is 0 Å². The molecule has 0 saturated carbocycles. The highest BCUT2D eigenvalue weighted by atomic mass is 14.9. The van der Waals surface area contributed by atoms with E-state index in [-0.39, 0.29) is 0 Å². The summed E-state index contributed by atoms with van der Waals surface area (Å²) < 4.78 is 0. The molecule has 1 N–H and O–H groups in total. The van der Waals surface area contributed by atoms with Crippen LogP contribution in [-0.2, 0) is 12.8 Å². The Bertz CT molecular complexity index is 431. The molecule has 1 aromatic heterocycles. The fourth-order valence-electron chi connectivity index (χ4n) is 1.56. The number of allylic oxidation sites excluding steroid dienone is 2. The molecule has 0 amide bonds. The lowest BCUT2D eigenvalue weighted by molar-refractivity contribution is 0.965. The van der Waals surface area contributed by atoms with Crippen LogP contribution in [0.1, 0.15) is 39.0 Å². The first-order chi connectivity index (χ1) is 8.08. The summed E-state index contributed by atoms with van der Waals surface area (Å²) in [5.74, 6) is 0. The van der Waals surface area contributed by atoms with Gasteiger partial charge < -0.3 is 5.32 Å². The van der Waals surface area contributed by atoms with Gasteiger partial charge in [0.05, 0.1) is 11.9 Å². The highest BCUT2D eigenvalue weighted by Crippen LogP contribution is 2.15. The molecule has 2 nitrogen and oxygen atoms in total. The molecule has 0 saturated heterocycles. The third-order valence-corrected chi connectivity index (χ3v) is 2.90.